The van der Waals surface area contributed by atoms with Crippen LogP contribution in [-0.2, 0) is 6.54 Å². The van der Waals surface area contributed by atoms with Crippen LogP contribution in [0.1, 0.15) is 21.7 Å². The van der Waals surface area contributed by atoms with E-state index in [1.54, 1.807) is 6.92 Å². The number of aromatic nitrogens is 1. The third kappa shape index (κ3) is 4.96. The maximum atomic E-state index is 12.8. The lowest BCUT2D eigenvalue weighted by atomic mass is 10.1. The fraction of sp³-hybridized carbons (Fsp3) is 0.333. The lowest BCUT2D eigenvalue weighted by Crippen LogP contribution is -2.48. The molecule has 0 saturated carbocycles. The van der Waals surface area contributed by atoms with Crippen molar-refractivity contribution in [1.29, 1.82) is 0 Å². The number of piperazine rings is 1. The van der Waals surface area contributed by atoms with Gasteiger partial charge in [0, 0.05) is 51.4 Å². The molecule has 30 heavy (non-hydrogen) atoms. The Labute approximate surface area is 177 Å². The molecule has 6 nitrogen and oxygen atoms in total. The number of hydrogen-bond donors (Lipinski definition) is 1. The van der Waals surface area contributed by atoms with E-state index in [4.69, 9.17) is 4.52 Å². The fourth-order valence-corrected chi connectivity index (χ4v) is 3.86. The molecule has 1 saturated heterocycles. The van der Waals surface area contributed by atoms with Gasteiger partial charge in [-0.2, -0.15) is 0 Å². The Morgan fingerprint density at radius 2 is 1.60 bits per heavy atom. The van der Waals surface area contributed by atoms with Crippen LogP contribution in [0.5, 0.6) is 0 Å². The molecule has 3 aromatic rings. The van der Waals surface area contributed by atoms with E-state index in [9.17, 15) is 4.79 Å². The summed E-state index contributed by atoms with van der Waals surface area (Å²) in [4.78, 5) is 17.7. The van der Waals surface area contributed by atoms with E-state index < -0.39 is 0 Å². The van der Waals surface area contributed by atoms with E-state index in [1.807, 2.05) is 30.3 Å². The highest BCUT2D eigenvalue weighted by molar-refractivity contribution is 6.00. The third-order valence-electron chi connectivity index (χ3n) is 5.56. The minimum absolute atomic E-state index is 0.129. The quantitative estimate of drug-likeness (QED) is 0.655. The van der Waals surface area contributed by atoms with Crippen LogP contribution in [0.4, 0.5) is 0 Å². The van der Waals surface area contributed by atoms with Gasteiger partial charge in [-0.25, -0.2) is 0 Å². The average Bonchev–Trinajstić information content (AvgIpc) is 3.18. The van der Waals surface area contributed by atoms with Crippen molar-refractivity contribution in [2.45, 2.75) is 13.5 Å². The topological polar surface area (TPSA) is 61.6 Å². The molecule has 4 rings (SSSR count). The van der Waals surface area contributed by atoms with Gasteiger partial charge in [0.1, 0.15) is 17.0 Å². The number of carbonyl (C=O) groups excluding carboxylic acids is 1. The zero-order chi connectivity index (χ0) is 20.8. The first-order valence-corrected chi connectivity index (χ1v) is 10.5. The monoisotopic (exact) mass is 404 g/mol. The van der Waals surface area contributed by atoms with Crippen LogP contribution in [0.15, 0.2) is 65.2 Å². The van der Waals surface area contributed by atoms with Crippen LogP contribution in [-0.4, -0.2) is 60.1 Å². The Balaban J connectivity index is 1.25. The molecule has 2 heterocycles. The van der Waals surface area contributed by atoms with E-state index in [1.165, 1.54) is 5.56 Å². The molecule has 1 aliphatic heterocycles. The number of aryl methyl sites for hydroxylation is 1. The van der Waals surface area contributed by atoms with E-state index in [-0.39, 0.29) is 5.91 Å². The Hall–Kier alpha value is -2.96. The second kappa shape index (κ2) is 9.69. The summed E-state index contributed by atoms with van der Waals surface area (Å²) in [7, 11) is 0. The molecule has 0 unspecified atom stereocenters. The maximum absolute atomic E-state index is 12.8. The maximum Gasteiger partial charge on any atom is 0.257 e. The highest BCUT2D eigenvalue weighted by Crippen LogP contribution is 2.24. The normalized spacial score (nSPS) is 15.2. The lowest BCUT2D eigenvalue weighted by Gasteiger charge is -2.34. The van der Waals surface area contributed by atoms with Crippen LogP contribution in [0.25, 0.3) is 11.3 Å². The van der Waals surface area contributed by atoms with Gasteiger partial charge in [-0.05, 0) is 12.5 Å². The molecular weight excluding hydrogens is 376 g/mol. The van der Waals surface area contributed by atoms with Crippen molar-refractivity contribution in [3.05, 3.63) is 77.6 Å². The summed E-state index contributed by atoms with van der Waals surface area (Å²) in [5, 5.41) is 7.14. The van der Waals surface area contributed by atoms with Crippen molar-refractivity contribution in [2.24, 2.45) is 0 Å². The van der Waals surface area contributed by atoms with Gasteiger partial charge in [-0.3, -0.25) is 14.6 Å². The standard InChI is InChI=1S/C24H28N4O2/c1-19-22(23(26-30-19)21-10-6-3-7-11-21)24(29)25-12-13-27-14-16-28(17-15-27)18-20-8-4-2-5-9-20/h2-11H,12-18H2,1H3,(H,25,29). The minimum atomic E-state index is -0.129. The van der Waals surface area contributed by atoms with Gasteiger partial charge in [0.05, 0.1) is 0 Å². The van der Waals surface area contributed by atoms with Gasteiger partial charge in [-0.1, -0.05) is 65.8 Å². The van der Waals surface area contributed by atoms with Crippen molar-refractivity contribution in [3.63, 3.8) is 0 Å². The second-order valence-corrected chi connectivity index (χ2v) is 7.69. The van der Waals surface area contributed by atoms with Gasteiger partial charge in [0.2, 0.25) is 0 Å². The molecule has 1 N–H and O–H groups in total. The summed E-state index contributed by atoms with van der Waals surface area (Å²) in [6.45, 7) is 8.36. The average molecular weight is 405 g/mol. The Morgan fingerprint density at radius 1 is 0.967 bits per heavy atom. The highest BCUT2D eigenvalue weighted by atomic mass is 16.5. The van der Waals surface area contributed by atoms with Crippen molar-refractivity contribution in [1.82, 2.24) is 20.3 Å². The number of carbonyl (C=O) groups is 1. The number of hydrogen-bond acceptors (Lipinski definition) is 5. The van der Waals surface area contributed by atoms with Crippen LogP contribution >= 0.6 is 0 Å². The molecule has 156 valence electrons. The summed E-state index contributed by atoms with van der Waals surface area (Å²) in [6.07, 6.45) is 0. The molecule has 0 atom stereocenters. The first kappa shape index (κ1) is 20.3. The van der Waals surface area contributed by atoms with Gasteiger partial charge in [-0.15, -0.1) is 0 Å². The number of amides is 1. The largest absolute Gasteiger partial charge is 0.360 e. The van der Waals surface area contributed by atoms with E-state index >= 15 is 0 Å². The van der Waals surface area contributed by atoms with Gasteiger partial charge in [0.25, 0.3) is 5.91 Å². The van der Waals surface area contributed by atoms with E-state index in [2.05, 4.69) is 50.6 Å². The predicted molar refractivity (Wildman–Crippen MR) is 117 cm³/mol. The highest BCUT2D eigenvalue weighted by Gasteiger charge is 2.22. The molecule has 1 aliphatic rings. The number of nitrogens with one attached hydrogen (secondary N) is 1. The first-order chi connectivity index (χ1) is 14.7. The molecule has 1 fully saturated rings. The molecule has 0 radical (unpaired) electrons. The summed E-state index contributed by atoms with van der Waals surface area (Å²) in [6, 6.07) is 20.3. The number of nitrogens with zero attached hydrogens (tertiary/aromatic N) is 3. The van der Waals surface area contributed by atoms with Gasteiger partial charge >= 0.3 is 0 Å². The zero-order valence-electron chi connectivity index (χ0n) is 17.4. The first-order valence-electron chi connectivity index (χ1n) is 10.5. The van der Waals surface area contributed by atoms with Gasteiger partial charge < -0.3 is 9.84 Å². The van der Waals surface area contributed by atoms with E-state index in [0.717, 1.165) is 44.8 Å². The third-order valence-corrected chi connectivity index (χ3v) is 5.56. The molecule has 0 bridgehead atoms. The Morgan fingerprint density at radius 3 is 2.30 bits per heavy atom. The van der Waals surface area contributed by atoms with Crippen molar-refractivity contribution in [3.8, 4) is 11.3 Å². The Bertz CT molecular complexity index is 948. The fourth-order valence-electron chi connectivity index (χ4n) is 3.86. The summed E-state index contributed by atoms with van der Waals surface area (Å²) in [5.74, 6) is 0.413. The smallest absolute Gasteiger partial charge is 0.257 e. The van der Waals surface area contributed by atoms with Crippen molar-refractivity contribution in [2.75, 3.05) is 39.3 Å². The summed E-state index contributed by atoms with van der Waals surface area (Å²) >= 11 is 0. The predicted octanol–water partition coefficient (Wildman–Crippen LogP) is 3.20. The van der Waals surface area contributed by atoms with Crippen LogP contribution in [0, 0.1) is 6.92 Å². The van der Waals surface area contributed by atoms with Crippen LogP contribution < -0.4 is 5.32 Å². The molecule has 1 aromatic heterocycles. The molecule has 2 aromatic carbocycles. The molecule has 0 aliphatic carbocycles. The number of benzene rings is 2. The molecule has 6 heteroatoms. The molecular formula is C24H28N4O2. The SMILES string of the molecule is Cc1onc(-c2ccccc2)c1C(=O)NCCN1CCN(Cc2ccccc2)CC1. The van der Waals surface area contributed by atoms with Crippen molar-refractivity contribution < 1.29 is 9.32 Å². The molecule has 1 amide bonds. The Kier molecular flexibility index (Phi) is 6.57. The summed E-state index contributed by atoms with van der Waals surface area (Å²) in [5.41, 5.74) is 3.36. The van der Waals surface area contributed by atoms with E-state index in [0.29, 0.717) is 23.6 Å². The number of rotatable bonds is 7. The van der Waals surface area contributed by atoms with Crippen LogP contribution in [0.3, 0.4) is 0 Å². The zero-order valence-corrected chi connectivity index (χ0v) is 17.4. The minimum Gasteiger partial charge on any atom is -0.360 e. The molecule has 0 spiro atoms. The second-order valence-electron chi connectivity index (χ2n) is 7.69. The van der Waals surface area contributed by atoms with Crippen molar-refractivity contribution >= 4 is 5.91 Å². The summed E-state index contributed by atoms with van der Waals surface area (Å²) < 4.78 is 5.30. The van der Waals surface area contributed by atoms with Gasteiger partial charge in [0.15, 0.2) is 0 Å². The van der Waals surface area contributed by atoms with Crippen LogP contribution in [0.2, 0.25) is 0 Å². The lowest BCUT2D eigenvalue weighted by molar-refractivity contribution is 0.0933.